The highest BCUT2D eigenvalue weighted by atomic mass is 16.2. The molecule has 0 aromatic heterocycles. The van der Waals surface area contributed by atoms with Gasteiger partial charge in [-0.25, -0.2) is 9.69 Å². The Morgan fingerprint density at radius 3 is 2.41 bits per heavy atom. The van der Waals surface area contributed by atoms with E-state index in [2.05, 4.69) is 67.1 Å². The first-order chi connectivity index (χ1) is 13.7. The van der Waals surface area contributed by atoms with Gasteiger partial charge < -0.3 is 10.2 Å². The quantitative estimate of drug-likeness (QED) is 0.795. The van der Waals surface area contributed by atoms with E-state index < -0.39 is 5.54 Å². The lowest BCUT2D eigenvalue weighted by Crippen LogP contribution is -2.55. The van der Waals surface area contributed by atoms with Crippen LogP contribution in [0.2, 0.25) is 0 Å². The van der Waals surface area contributed by atoms with Gasteiger partial charge in [0.2, 0.25) is 0 Å². The number of hydrogen-bond donors (Lipinski definition) is 1. The first-order valence-corrected chi connectivity index (χ1v) is 10.9. The van der Waals surface area contributed by atoms with Crippen LogP contribution in [-0.4, -0.2) is 60.1 Å². The Labute approximate surface area is 174 Å². The van der Waals surface area contributed by atoms with Gasteiger partial charge in [-0.1, -0.05) is 39.0 Å². The fourth-order valence-corrected chi connectivity index (χ4v) is 5.88. The highest BCUT2D eigenvalue weighted by Gasteiger charge is 2.56. The molecule has 0 radical (unpaired) electrons. The number of nitrogens with zero attached hydrogens (tertiary/aromatic N) is 3. The lowest BCUT2D eigenvalue weighted by molar-refractivity contribution is -0.136. The molecule has 1 saturated carbocycles. The topological polar surface area (TPSA) is 55.9 Å². The number of carbonyl (C=O) groups is 2. The summed E-state index contributed by atoms with van der Waals surface area (Å²) < 4.78 is 0. The van der Waals surface area contributed by atoms with Crippen molar-refractivity contribution in [3.8, 4) is 0 Å². The molecule has 29 heavy (non-hydrogen) atoms. The molecule has 1 aromatic rings. The summed E-state index contributed by atoms with van der Waals surface area (Å²) in [5.41, 5.74) is 1.92. The third-order valence-electron chi connectivity index (χ3n) is 6.79. The van der Waals surface area contributed by atoms with Crippen molar-refractivity contribution in [3.63, 3.8) is 0 Å². The van der Waals surface area contributed by atoms with E-state index in [-0.39, 0.29) is 17.4 Å². The van der Waals surface area contributed by atoms with Gasteiger partial charge in [-0.15, -0.1) is 0 Å². The van der Waals surface area contributed by atoms with Gasteiger partial charge >= 0.3 is 6.03 Å². The average Bonchev–Trinajstić information content (AvgIpc) is 2.84. The molecule has 1 spiro atoms. The summed E-state index contributed by atoms with van der Waals surface area (Å²) in [5, 5.41) is 3.09. The van der Waals surface area contributed by atoms with Crippen molar-refractivity contribution in [2.24, 2.45) is 11.3 Å². The predicted molar refractivity (Wildman–Crippen MR) is 115 cm³/mol. The maximum absolute atomic E-state index is 13.3. The Morgan fingerprint density at radius 2 is 1.76 bits per heavy atom. The number of anilines is 1. The minimum atomic E-state index is -0.707. The van der Waals surface area contributed by atoms with E-state index in [0.717, 1.165) is 45.4 Å². The molecule has 0 unspecified atom stereocenters. The third-order valence-corrected chi connectivity index (χ3v) is 6.79. The van der Waals surface area contributed by atoms with Crippen LogP contribution in [0.25, 0.3) is 0 Å². The molecule has 158 valence electrons. The van der Waals surface area contributed by atoms with Gasteiger partial charge in [-0.05, 0) is 49.1 Å². The van der Waals surface area contributed by atoms with Crippen LogP contribution in [0.3, 0.4) is 0 Å². The summed E-state index contributed by atoms with van der Waals surface area (Å²) in [6.07, 6.45) is 2.57. The smallest absolute Gasteiger partial charge is 0.326 e. The Hall–Kier alpha value is -2.08. The zero-order valence-corrected chi connectivity index (χ0v) is 18.2. The number of piperazine rings is 1. The van der Waals surface area contributed by atoms with E-state index in [4.69, 9.17) is 0 Å². The number of amides is 3. The number of para-hydroxylation sites is 1. The molecule has 2 aliphatic heterocycles. The lowest BCUT2D eigenvalue weighted by atomic mass is 9.64. The third kappa shape index (κ3) is 3.87. The molecule has 4 rings (SSSR count). The van der Waals surface area contributed by atoms with Gasteiger partial charge in [0.05, 0.1) is 6.67 Å². The molecule has 3 amide bonds. The minimum absolute atomic E-state index is 0.0246. The van der Waals surface area contributed by atoms with Crippen molar-refractivity contribution in [2.75, 3.05) is 37.7 Å². The number of rotatable bonds is 3. The molecule has 2 atom stereocenters. The summed E-state index contributed by atoms with van der Waals surface area (Å²) in [4.78, 5) is 32.1. The molecule has 1 aliphatic carbocycles. The van der Waals surface area contributed by atoms with Crippen LogP contribution >= 0.6 is 0 Å². The number of carbonyl (C=O) groups excluding carboxylic acids is 2. The first-order valence-electron chi connectivity index (χ1n) is 10.9. The molecular weight excluding hydrogens is 364 g/mol. The van der Waals surface area contributed by atoms with Crippen LogP contribution in [0, 0.1) is 18.3 Å². The Bertz CT molecular complexity index is 800. The zero-order chi connectivity index (χ0) is 20.8. The van der Waals surface area contributed by atoms with Gasteiger partial charge in [0.1, 0.15) is 5.54 Å². The van der Waals surface area contributed by atoms with Crippen molar-refractivity contribution in [1.29, 1.82) is 0 Å². The monoisotopic (exact) mass is 398 g/mol. The van der Waals surface area contributed by atoms with Crippen molar-refractivity contribution in [3.05, 3.63) is 29.8 Å². The molecule has 6 nitrogen and oxygen atoms in total. The molecule has 6 heteroatoms. The summed E-state index contributed by atoms with van der Waals surface area (Å²) in [6.45, 7) is 12.6. The molecule has 0 bridgehead atoms. The molecule has 3 aliphatic rings. The number of hydrogen-bond acceptors (Lipinski definition) is 4. The van der Waals surface area contributed by atoms with Crippen LogP contribution in [-0.2, 0) is 4.79 Å². The summed E-state index contributed by atoms with van der Waals surface area (Å²) in [5.74, 6) is 0.407. The average molecular weight is 399 g/mol. The molecule has 1 N–H and O–H groups in total. The van der Waals surface area contributed by atoms with Crippen LogP contribution in [0.15, 0.2) is 24.3 Å². The number of benzene rings is 1. The fourth-order valence-electron chi connectivity index (χ4n) is 5.88. The van der Waals surface area contributed by atoms with E-state index in [1.54, 1.807) is 0 Å². The summed E-state index contributed by atoms with van der Waals surface area (Å²) in [6, 6.07) is 8.23. The number of imide groups is 1. The van der Waals surface area contributed by atoms with Crippen molar-refractivity contribution >= 4 is 17.6 Å². The summed E-state index contributed by atoms with van der Waals surface area (Å²) >= 11 is 0. The number of nitrogens with one attached hydrogen (secondary N) is 1. The Balaban J connectivity index is 1.40. The fraction of sp³-hybridized carbons (Fsp3) is 0.652. The Kier molecular flexibility index (Phi) is 5.09. The second-order valence-electron chi connectivity index (χ2n) is 10.1. The number of urea groups is 1. The molecule has 3 fully saturated rings. The van der Waals surface area contributed by atoms with Gasteiger partial charge in [0, 0.05) is 31.9 Å². The molecular formula is C23H34N4O2. The Morgan fingerprint density at radius 1 is 1.07 bits per heavy atom. The van der Waals surface area contributed by atoms with E-state index in [9.17, 15) is 9.59 Å². The zero-order valence-electron chi connectivity index (χ0n) is 18.2. The van der Waals surface area contributed by atoms with Gasteiger partial charge in [0.15, 0.2) is 0 Å². The number of aryl methyl sites for hydroxylation is 1. The van der Waals surface area contributed by atoms with E-state index in [1.165, 1.54) is 16.2 Å². The highest BCUT2D eigenvalue weighted by Crippen LogP contribution is 2.46. The van der Waals surface area contributed by atoms with E-state index >= 15 is 0 Å². The molecule has 1 aromatic carbocycles. The van der Waals surface area contributed by atoms with Crippen LogP contribution in [0.4, 0.5) is 10.5 Å². The van der Waals surface area contributed by atoms with E-state index in [0.29, 0.717) is 12.6 Å². The SMILES string of the molecule is Cc1ccccc1N1CCN(CN2C(=O)N[C@]3(C[C@H](C)CC(C)(C)C3)C2=O)CC1. The van der Waals surface area contributed by atoms with Crippen molar-refractivity contribution < 1.29 is 9.59 Å². The van der Waals surface area contributed by atoms with Crippen LogP contribution in [0.5, 0.6) is 0 Å². The maximum atomic E-state index is 13.3. The second-order valence-corrected chi connectivity index (χ2v) is 10.1. The second kappa shape index (κ2) is 7.31. The van der Waals surface area contributed by atoms with E-state index in [1.807, 2.05) is 0 Å². The maximum Gasteiger partial charge on any atom is 0.326 e. The largest absolute Gasteiger partial charge is 0.369 e. The van der Waals surface area contributed by atoms with Gasteiger partial charge in [0.25, 0.3) is 5.91 Å². The molecule has 2 heterocycles. The van der Waals surface area contributed by atoms with Crippen LogP contribution in [0.1, 0.15) is 45.6 Å². The van der Waals surface area contributed by atoms with Crippen LogP contribution < -0.4 is 10.2 Å². The standard InChI is InChI=1S/C23H34N4O2/c1-17-13-22(3,4)15-23(14-17)20(28)27(21(29)24-23)16-25-9-11-26(12-10-25)19-8-6-5-7-18(19)2/h5-8,17H,9-16H2,1-4H3,(H,24,29)/t17-,23+/m1/s1. The van der Waals surface area contributed by atoms with Gasteiger partial charge in [-0.2, -0.15) is 0 Å². The van der Waals surface area contributed by atoms with Crippen molar-refractivity contribution in [2.45, 2.75) is 52.5 Å². The highest BCUT2D eigenvalue weighted by molar-refractivity contribution is 6.07. The van der Waals surface area contributed by atoms with Crippen molar-refractivity contribution in [1.82, 2.24) is 15.1 Å². The predicted octanol–water partition coefficient (Wildman–Crippen LogP) is 3.21. The first kappa shape index (κ1) is 20.2. The molecule has 2 saturated heterocycles. The lowest BCUT2D eigenvalue weighted by Gasteiger charge is -2.44. The normalized spacial score (nSPS) is 30.1. The minimum Gasteiger partial charge on any atom is -0.369 e. The summed E-state index contributed by atoms with van der Waals surface area (Å²) in [7, 11) is 0. The van der Waals surface area contributed by atoms with Gasteiger partial charge in [-0.3, -0.25) is 9.69 Å².